The van der Waals surface area contributed by atoms with Crippen LogP contribution in [0.1, 0.15) is 27.8 Å². The van der Waals surface area contributed by atoms with Gasteiger partial charge in [0.15, 0.2) is 0 Å². The van der Waals surface area contributed by atoms with Gasteiger partial charge in [-0.25, -0.2) is 4.98 Å². The third-order valence-corrected chi connectivity index (χ3v) is 11.3. The van der Waals surface area contributed by atoms with Gasteiger partial charge in [-0.3, -0.25) is 4.57 Å². The second-order valence-corrected chi connectivity index (χ2v) is 14.2. The van der Waals surface area contributed by atoms with Gasteiger partial charge in [0, 0.05) is 22.4 Å². The molecule has 4 nitrogen and oxygen atoms in total. The van der Waals surface area contributed by atoms with E-state index in [4.69, 9.17) is 9.72 Å². The summed E-state index contributed by atoms with van der Waals surface area (Å²) in [5.74, 6) is 2.29. The maximum Gasteiger partial charge on any atom is 0.149 e. The molecule has 9 aromatic rings. The number of fused-ring (bicyclic) bond motifs is 10. The van der Waals surface area contributed by atoms with E-state index in [-0.39, 0.29) is 0 Å². The first kappa shape index (κ1) is 31.1. The average Bonchev–Trinajstić information content (AvgIpc) is 3.79. The second kappa shape index (κ2) is 12.0. The lowest BCUT2D eigenvalue weighted by Gasteiger charge is -2.39. The van der Waals surface area contributed by atoms with E-state index in [2.05, 4.69) is 174 Å². The molecular weight excluding hydrogens is 671 g/mol. The van der Waals surface area contributed by atoms with Crippen LogP contribution in [-0.4, -0.2) is 9.55 Å². The van der Waals surface area contributed by atoms with Crippen LogP contribution < -0.4 is 4.74 Å². The van der Waals surface area contributed by atoms with Crippen LogP contribution in [0.25, 0.3) is 61.5 Å². The highest BCUT2D eigenvalue weighted by atomic mass is 16.5. The highest BCUT2D eigenvalue weighted by molar-refractivity contribution is 5.90. The molecule has 0 fully saturated rings. The maximum absolute atomic E-state index is 10.2. The fraction of sp³-hybridized carbons (Fsp3) is 0.0196. The lowest BCUT2D eigenvalue weighted by molar-refractivity contribution is 0.435. The Balaban J connectivity index is 1.06. The molecule has 0 N–H and O–H groups in total. The number of nitriles is 1. The van der Waals surface area contributed by atoms with Crippen LogP contribution in [0.2, 0.25) is 0 Å². The monoisotopic (exact) mass is 701 g/mol. The van der Waals surface area contributed by atoms with Gasteiger partial charge >= 0.3 is 0 Å². The molecule has 256 valence electrons. The van der Waals surface area contributed by atoms with Crippen LogP contribution in [0.4, 0.5) is 0 Å². The van der Waals surface area contributed by atoms with E-state index >= 15 is 0 Å². The van der Waals surface area contributed by atoms with E-state index in [9.17, 15) is 5.26 Å². The minimum absolute atomic E-state index is 0.530. The lowest BCUT2D eigenvalue weighted by atomic mass is 9.65. The Kier molecular flexibility index (Phi) is 6.80. The first-order chi connectivity index (χ1) is 27.2. The van der Waals surface area contributed by atoms with Crippen molar-refractivity contribution in [2.24, 2.45) is 0 Å². The number of nitrogens with zero attached hydrogens (tertiary/aromatic N) is 3. The van der Waals surface area contributed by atoms with Crippen molar-refractivity contribution in [3.8, 4) is 68.0 Å². The largest absolute Gasteiger partial charge is 0.455 e. The number of hydrogen-bond acceptors (Lipinski definition) is 3. The summed E-state index contributed by atoms with van der Waals surface area (Å²) in [6.45, 7) is 0. The van der Waals surface area contributed by atoms with E-state index in [1.807, 2.05) is 24.3 Å². The number of aromatic nitrogens is 2. The molecule has 0 saturated heterocycles. The van der Waals surface area contributed by atoms with Crippen LogP contribution in [0.15, 0.2) is 188 Å². The molecule has 1 aliphatic heterocycles. The molecule has 0 amide bonds. The van der Waals surface area contributed by atoms with Gasteiger partial charge in [-0.2, -0.15) is 5.26 Å². The van der Waals surface area contributed by atoms with Gasteiger partial charge in [-0.15, -0.1) is 0 Å². The third-order valence-electron chi connectivity index (χ3n) is 11.3. The normalized spacial score (nSPS) is 13.0. The molecule has 11 rings (SSSR count). The highest BCUT2D eigenvalue weighted by Crippen LogP contribution is 2.62. The maximum atomic E-state index is 10.2. The van der Waals surface area contributed by atoms with Crippen molar-refractivity contribution in [2.45, 2.75) is 5.41 Å². The molecule has 1 spiro atoms. The van der Waals surface area contributed by atoms with Crippen molar-refractivity contribution < 1.29 is 4.74 Å². The van der Waals surface area contributed by atoms with Crippen molar-refractivity contribution >= 4 is 11.0 Å². The number of benzene rings is 8. The molecule has 2 aliphatic rings. The summed E-state index contributed by atoms with van der Waals surface area (Å²) in [7, 11) is 0. The SMILES string of the molecule is N#Cc1cccc2c1Oc1ccc(-c3cccc(-c4cccc(-c5nc6ccccc6n5-c5ccccc5)c4)c3)cc1C21c2ccccc2-c2ccccc21. The summed E-state index contributed by atoms with van der Waals surface area (Å²) in [5, 5.41) is 10.2. The van der Waals surface area contributed by atoms with Crippen LogP contribution in [0, 0.1) is 11.3 Å². The fourth-order valence-corrected chi connectivity index (χ4v) is 8.97. The zero-order chi connectivity index (χ0) is 36.5. The van der Waals surface area contributed by atoms with Gasteiger partial charge in [-0.1, -0.05) is 133 Å². The smallest absolute Gasteiger partial charge is 0.149 e. The van der Waals surface area contributed by atoms with E-state index in [1.165, 1.54) is 22.3 Å². The predicted molar refractivity (Wildman–Crippen MR) is 219 cm³/mol. The lowest BCUT2D eigenvalue weighted by Crippen LogP contribution is -2.32. The standard InChI is InChI=1S/C51H31N3O/c52-32-38-17-12-24-44-49(38)55-48-28-27-36(31-45(48)51(44)42-22-6-4-20-40(42)41-21-5-7-23-43(41)51)34-14-10-13-33(29-34)35-15-11-16-37(30-35)50-53-46-25-8-9-26-47(46)54(50)39-18-2-1-3-19-39/h1-31H. The van der Waals surface area contributed by atoms with Crippen molar-refractivity contribution in [1.82, 2.24) is 9.55 Å². The van der Waals surface area contributed by atoms with Gasteiger partial charge in [0.2, 0.25) is 0 Å². The zero-order valence-corrected chi connectivity index (χ0v) is 29.6. The Morgan fingerprint density at radius 1 is 0.491 bits per heavy atom. The predicted octanol–water partition coefficient (Wildman–Crippen LogP) is 12.4. The van der Waals surface area contributed by atoms with E-state index in [1.54, 1.807) is 0 Å². The van der Waals surface area contributed by atoms with Crippen LogP contribution in [0.5, 0.6) is 11.5 Å². The number of rotatable bonds is 4. The second-order valence-electron chi connectivity index (χ2n) is 14.2. The minimum atomic E-state index is -0.658. The van der Waals surface area contributed by atoms with E-state index in [0.717, 1.165) is 67.2 Å². The Morgan fingerprint density at radius 3 is 1.80 bits per heavy atom. The Morgan fingerprint density at radius 2 is 1.07 bits per heavy atom. The Labute approximate surface area is 318 Å². The molecule has 0 atom stereocenters. The first-order valence-corrected chi connectivity index (χ1v) is 18.5. The Bertz CT molecular complexity index is 3000. The molecule has 55 heavy (non-hydrogen) atoms. The molecule has 1 aliphatic carbocycles. The van der Waals surface area contributed by atoms with Gasteiger partial charge in [0.25, 0.3) is 0 Å². The molecule has 8 aromatic carbocycles. The summed E-state index contributed by atoms with van der Waals surface area (Å²) >= 11 is 0. The summed E-state index contributed by atoms with van der Waals surface area (Å²) in [5.41, 5.74) is 15.3. The van der Waals surface area contributed by atoms with Gasteiger partial charge in [0.05, 0.1) is 22.0 Å². The minimum Gasteiger partial charge on any atom is -0.455 e. The van der Waals surface area contributed by atoms with Crippen LogP contribution in [-0.2, 0) is 5.41 Å². The molecule has 0 unspecified atom stereocenters. The molecule has 4 heteroatoms. The summed E-state index contributed by atoms with van der Waals surface area (Å²) in [6.07, 6.45) is 0. The van der Waals surface area contributed by atoms with Crippen molar-refractivity contribution in [3.63, 3.8) is 0 Å². The molecule has 1 aromatic heterocycles. The summed E-state index contributed by atoms with van der Waals surface area (Å²) in [6, 6.07) is 68.4. The molecule has 0 saturated carbocycles. The van der Waals surface area contributed by atoms with Crippen molar-refractivity contribution in [1.29, 1.82) is 5.26 Å². The number of imidazole rings is 1. The van der Waals surface area contributed by atoms with Gasteiger partial charge in [-0.05, 0) is 99.1 Å². The zero-order valence-electron chi connectivity index (χ0n) is 29.6. The van der Waals surface area contributed by atoms with E-state index in [0.29, 0.717) is 11.3 Å². The van der Waals surface area contributed by atoms with Gasteiger partial charge in [0.1, 0.15) is 23.4 Å². The highest BCUT2D eigenvalue weighted by Gasteiger charge is 2.51. The molecule has 2 heterocycles. The summed E-state index contributed by atoms with van der Waals surface area (Å²) < 4.78 is 8.93. The fourth-order valence-electron chi connectivity index (χ4n) is 8.97. The van der Waals surface area contributed by atoms with E-state index < -0.39 is 5.41 Å². The topological polar surface area (TPSA) is 50.8 Å². The third kappa shape index (κ3) is 4.54. The summed E-state index contributed by atoms with van der Waals surface area (Å²) in [4.78, 5) is 5.13. The van der Waals surface area contributed by atoms with Crippen LogP contribution in [0.3, 0.4) is 0 Å². The van der Waals surface area contributed by atoms with Gasteiger partial charge < -0.3 is 4.74 Å². The average molecular weight is 702 g/mol. The number of para-hydroxylation sites is 4. The Hall–Kier alpha value is -7.48. The van der Waals surface area contributed by atoms with Crippen molar-refractivity contribution in [3.05, 3.63) is 216 Å². The number of hydrogen-bond donors (Lipinski definition) is 0. The molecular formula is C51H31N3O. The van der Waals surface area contributed by atoms with Crippen molar-refractivity contribution in [2.75, 3.05) is 0 Å². The van der Waals surface area contributed by atoms with Crippen LogP contribution >= 0.6 is 0 Å². The first-order valence-electron chi connectivity index (χ1n) is 18.5. The molecule has 0 bridgehead atoms. The number of ether oxygens (including phenoxy) is 1. The quantitative estimate of drug-likeness (QED) is 0.184. The molecule has 0 radical (unpaired) electrons.